The lowest BCUT2D eigenvalue weighted by atomic mass is 10.2. The molecule has 116 valence electrons. The molecule has 0 aromatic heterocycles. The van der Waals surface area contributed by atoms with Gasteiger partial charge < -0.3 is 20.1 Å². The van der Waals surface area contributed by atoms with Gasteiger partial charge in [0.05, 0.1) is 12.7 Å². The second kappa shape index (κ2) is 12.9. The summed E-state index contributed by atoms with van der Waals surface area (Å²) >= 11 is 0. The van der Waals surface area contributed by atoms with Crippen LogP contribution in [0.5, 0.6) is 0 Å². The van der Waals surface area contributed by atoms with Crippen molar-refractivity contribution in [3.8, 4) is 0 Å². The fourth-order valence-corrected chi connectivity index (χ4v) is 1.69. The average molecular weight is 274 g/mol. The smallest absolute Gasteiger partial charge is 0.0897 e. The van der Waals surface area contributed by atoms with Crippen molar-refractivity contribution < 1.29 is 9.84 Å². The summed E-state index contributed by atoms with van der Waals surface area (Å²) in [7, 11) is 2.11. The van der Waals surface area contributed by atoms with Gasteiger partial charge >= 0.3 is 0 Å². The Labute approximate surface area is 119 Å². The number of hydrogen-bond acceptors (Lipinski definition) is 4. The summed E-state index contributed by atoms with van der Waals surface area (Å²) in [4.78, 5) is 2.28. The standard InChI is InChI=1S/C15H34N2O2/c1-5-6-7-8-11-19-13-15(18)12-16-9-10-17(4)14(2)3/h14-16,18H,5-13H2,1-4H3. The topological polar surface area (TPSA) is 44.7 Å². The molecule has 0 bridgehead atoms. The monoisotopic (exact) mass is 274 g/mol. The fourth-order valence-electron chi connectivity index (χ4n) is 1.69. The number of nitrogens with zero attached hydrogens (tertiary/aromatic N) is 1. The third-order valence-corrected chi connectivity index (χ3v) is 3.36. The lowest BCUT2D eigenvalue weighted by Gasteiger charge is -2.21. The number of aliphatic hydroxyl groups is 1. The number of hydrogen-bond donors (Lipinski definition) is 2. The maximum Gasteiger partial charge on any atom is 0.0897 e. The van der Waals surface area contributed by atoms with E-state index < -0.39 is 6.10 Å². The molecule has 0 aliphatic rings. The van der Waals surface area contributed by atoms with Gasteiger partial charge in [0.15, 0.2) is 0 Å². The molecule has 0 amide bonds. The summed E-state index contributed by atoms with van der Waals surface area (Å²) in [6, 6.07) is 0.568. The molecule has 0 heterocycles. The van der Waals surface area contributed by atoms with Crippen molar-refractivity contribution in [2.24, 2.45) is 0 Å². The molecule has 4 heteroatoms. The minimum atomic E-state index is -0.393. The van der Waals surface area contributed by atoms with Crippen LogP contribution in [-0.2, 0) is 4.74 Å². The van der Waals surface area contributed by atoms with Crippen molar-refractivity contribution in [3.05, 3.63) is 0 Å². The molecule has 0 aliphatic heterocycles. The van der Waals surface area contributed by atoms with Crippen LogP contribution in [0.25, 0.3) is 0 Å². The van der Waals surface area contributed by atoms with Gasteiger partial charge in [0, 0.05) is 32.3 Å². The van der Waals surface area contributed by atoms with E-state index in [1.54, 1.807) is 0 Å². The molecule has 0 saturated carbocycles. The summed E-state index contributed by atoms with van der Waals surface area (Å²) in [5, 5.41) is 13.0. The Morgan fingerprint density at radius 2 is 1.95 bits per heavy atom. The Morgan fingerprint density at radius 3 is 2.58 bits per heavy atom. The maximum atomic E-state index is 9.73. The Kier molecular flexibility index (Phi) is 12.7. The van der Waals surface area contributed by atoms with Crippen LogP contribution in [0.15, 0.2) is 0 Å². The number of unbranched alkanes of at least 4 members (excludes halogenated alkanes) is 3. The molecule has 0 aliphatic carbocycles. The van der Waals surface area contributed by atoms with Gasteiger partial charge in [-0.1, -0.05) is 26.2 Å². The molecular weight excluding hydrogens is 240 g/mol. The highest BCUT2D eigenvalue weighted by Crippen LogP contribution is 1.99. The quantitative estimate of drug-likeness (QED) is 0.503. The van der Waals surface area contributed by atoms with E-state index >= 15 is 0 Å². The highest BCUT2D eigenvalue weighted by atomic mass is 16.5. The van der Waals surface area contributed by atoms with Gasteiger partial charge in [0.1, 0.15) is 0 Å². The molecular formula is C15H34N2O2. The van der Waals surface area contributed by atoms with E-state index in [0.29, 0.717) is 19.2 Å². The molecule has 1 atom stereocenters. The molecule has 0 spiro atoms. The van der Waals surface area contributed by atoms with Crippen LogP contribution < -0.4 is 5.32 Å². The zero-order valence-electron chi connectivity index (χ0n) is 13.3. The normalized spacial score (nSPS) is 13.4. The van der Waals surface area contributed by atoms with Crippen molar-refractivity contribution >= 4 is 0 Å². The Hall–Kier alpha value is -0.160. The highest BCUT2D eigenvalue weighted by molar-refractivity contribution is 4.62. The summed E-state index contributed by atoms with van der Waals surface area (Å²) in [6.45, 7) is 10.3. The minimum absolute atomic E-state index is 0.393. The number of ether oxygens (including phenoxy) is 1. The second-order valence-electron chi connectivity index (χ2n) is 5.57. The lowest BCUT2D eigenvalue weighted by Crippen LogP contribution is -2.37. The van der Waals surface area contributed by atoms with E-state index in [1.165, 1.54) is 19.3 Å². The van der Waals surface area contributed by atoms with E-state index in [9.17, 15) is 5.11 Å². The molecule has 0 aromatic carbocycles. The molecule has 0 aromatic rings. The fraction of sp³-hybridized carbons (Fsp3) is 1.00. The summed E-state index contributed by atoms with van der Waals surface area (Å²) < 4.78 is 5.46. The Morgan fingerprint density at radius 1 is 1.21 bits per heavy atom. The molecule has 0 rings (SSSR count). The first-order valence-corrected chi connectivity index (χ1v) is 7.74. The molecule has 1 unspecified atom stereocenters. The summed E-state index contributed by atoms with van der Waals surface area (Å²) in [5.41, 5.74) is 0. The lowest BCUT2D eigenvalue weighted by molar-refractivity contribution is 0.0352. The van der Waals surface area contributed by atoms with E-state index in [-0.39, 0.29) is 0 Å². The molecule has 0 fully saturated rings. The first kappa shape index (κ1) is 18.8. The van der Waals surface area contributed by atoms with Crippen molar-refractivity contribution in [3.63, 3.8) is 0 Å². The third-order valence-electron chi connectivity index (χ3n) is 3.36. The zero-order valence-corrected chi connectivity index (χ0v) is 13.3. The SMILES string of the molecule is CCCCCCOCC(O)CNCCN(C)C(C)C. The van der Waals surface area contributed by atoms with Crippen LogP contribution in [0.4, 0.5) is 0 Å². The predicted molar refractivity (Wildman–Crippen MR) is 81.6 cm³/mol. The molecule has 4 nitrogen and oxygen atoms in total. The molecule has 0 saturated heterocycles. The van der Waals surface area contributed by atoms with Crippen LogP contribution in [-0.4, -0.2) is 62.0 Å². The first-order chi connectivity index (χ1) is 9.07. The van der Waals surface area contributed by atoms with E-state index in [1.807, 2.05) is 0 Å². The van der Waals surface area contributed by atoms with Gasteiger partial charge in [0.2, 0.25) is 0 Å². The number of aliphatic hydroxyl groups excluding tert-OH is 1. The Bertz CT molecular complexity index is 189. The van der Waals surface area contributed by atoms with Crippen molar-refractivity contribution in [1.82, 2.24) is 10.2 Å². The molecule has 19 heavy (non-hydrogen) atoms. The van der Waals surface area contributed by atoms with Crippen molar-refractivity contribution in [1.29, 1.82) is 0 Å². The predicted octanol–water partition coefficient (Wildman–Crippen LogP) is 1.87. The number of likely N-dealkylation sites (N-methyl/N-ethyl adjacent to an activating group) is 1. The largest absolute Gasteiger partial charge is 0.389 e. The van der Waals surface area contributed by atoms with Crippen LogP contribution in [0.3, 0.4) is 0 Å². The van der Waals surface area contributed by atoms with Gasteiger partial charge in [-0.3, -0.25) is 0 Å². The zero-order chi connectivity index (χ0) is 14.5. The second-order valence-corrected chi connectivity index (χ2v) is 5.57. The first-order valence-electron chi connectivity index (χ1n) is 7.74. The van der Waals surface area contributed by atoms with E-state index in [0.717, 1.165) is 26.1 Å². The van der Waals surface area contributed by atoms with Gasteiger partial charge in [-0.25, -0.2) is 0 Å². The molecule has 2 N–H and O–H groups in total. The van der Waals surface area contributed by atoms with Crippen molar-refractivity contribution in [2.45, 2.75) is 58.6 Å². The number of rotatable bonds is 13. The van der Waals surface area contributed by atoms with Crippen LogP contribution in [0.1, 0.15) is 46.5 Å². The average Bonchev–Trinajstić information content (AvgIpc) is 2.38. The van der Waals surface area contributed by atoms with Crippen LogP contribution in [0.2, 0.25) is 0 Å². The van der Waals surface area contributed by atoms with Crippen molar-refractivity contribution in [2.75, 3.05) is 39.9 Å². The van der Waals surface area contributed by atoms with E-state index in [4.69, 9.17) is 4.74 Å². The van der Waals surface area contributed by atoms with Gasteiger partial charge in [0.25, 0.3) is 0 Å². The maximum absolute atomic E-state index is 9.73. The third kappa shape index (κ3) is 12.6. The summed E-state index contributed by atoms with van der Waals surface area (Å²) in [5.74, 6) is 0. The highest BCUT2D eigenvalue weighted by Gasteiger charge is 2.05. The minimum Gasteiger partial charge on any atom is -0.389 e. The van der Waals surface area contributed by atoms with Crippen LogP contribution in [0, 0.1) is 0 Å². The van der Waals surface area contributed by atoms with Crippen LogP contribution >= 0.6 is 0 Å². The van der Waals surface area contributed by atoms with Gasteiger partial charge in [-0.2, -0.15) is 0 Å². The summed E-state index contributed by atoms with van der Waals surface area (Å²) in [6.07, 6.45) is 4.46. The van der Waals surface area contributed by atoms with E-state index in [2.05, 4.69) is 38.0 Å². The van der Waals surface area contributed by atoms with Gasteiger partial charge in [-0.05, 0) is 27.3 Å². The van der Waals surface area contributed by atoms with Gasteiger partial charge in [-0.15, -0.1) is 0 Å². The Balaban J connectivity index is 3.28. The number of nitrogens with one attached hydrogen (secondary N) is 1. The molecule has 0 radical (unpaired) electrons.